The van der Waals surface area contributed by atoms with Crippen LogP contribution in [-0.4, -0.2) is 9.19 Å². The molecule has 4 nitrogen and oxygen atoms in total. The normalized spacial score (nSPS) is 10.3. The Morgan fingerprint density at radius 3 is 2.89 bits per heavy atom. The summed E-state index contributed by atoms with van der Waals surface area (Å²) in [5, 5.41) is 4.03. The highest BCUT2D eigenvalue weighted by molar-refractivity contribution is 7.78. The van der Waals surface area contributed by atoms with Gasteiger partial charge in [-0.2, -0.15) is 0 Å². The summed E-state index contributed by atoms with van der Waals surface area (Å²) in [6.45, 7) is 6.25. The number of nitrogens with zero attached hydrogens (tertiary/aromatic N) is 2. The molecule has 18 heavy (non-hydrogen) atoms. The summed E-state index contributed by atoms with van der Waals surface area (Å²) >= 11 is 4.05. The first kappa shape index (κ1) is 12.6. The first-order valence-corrected chi connectivity index (χ1v) is 5.89. The molecule has 0 fully saturated rings. The molecule has 0 radical (unpaired) electrons. The number of allylic oxidation sites excluding steroid dienone is 1. The smallest absolute Gasteiger partial charge is 0.234 e. The van der Waals surface area contributed by atoms with Crippen molar-refractivity contribution < 1.29 is 4.74 Å². The SMILES string of the molecule is C=C(C)c1cccc(N)c1COc1ccn(S)n1. The Balaban J connectivity index is 2.20. The number of hydrogen-bond acceptors (Lipinski definition) is 4. The van der Waals surface area contributed by atoms with Crippen molar-refractivity contribution in [3.8, 4) is 5.88 Å². The van der Waals surface area contributed by atoms with Gasteiger partial charge in [0.2, 0.25) is 5.88 Å². The number of thiol groups is 1. The highest BCUT2D eigenvalue weighted by Crippen LogP contribution is 2.24. The summed E-state index contributed by atoms with van der Waals surface area (Å²) in [7, 11) is 0. The Hall–Kier alpha value is -1.88. The van der Waals surface area contributed by atoms with E-state index in [0.717, 1.165) is 16.7 Å². The summed E-state index contributed by atoms with van der Waals surface area (Å²) in [6.07, 6.45) is 1.70. The van der Waals surface area contributed by atoms with Crippen LogP contribution in [0.2, 0.25) is 0 Å². The monoisotopic (exact) mass is 261 g/mol. The van der Waals surface area contributed by atoms with Gasteiger partial charge >= 0.3 is 0 Å². The van der Waals surface area contributed by atoms with Crippen LogP contribution in [0, 0.1) is 0 Å². The molecular formula is C13H15N3OS. The molecule has 0 amide bonds. The molecule has 0 atom stereocenters. The minimum absolute atomic E-state index is 0.361. The largest absolute Gasteiger partial charge is 0.472 e. The molecule has 0 spiro atoms. The van der Waals surface area contributed by atoms with Crippen LogP contribution < -0.4 is 10.5 Å². The van der Waals surface area contributed by atoms with Gasteiger partial charge in [-0.05, 0) is 31.4 Å². The van der Waals surface area contributed by atoms with Crippen LogP contribution in [0.5, 0.6) is 5.88 Å². The number of aromatic nitrogens is 2. The molecule has 2 rings (SSSR count). The summed E-state index contributed by atoms with van der Waals surface area (Å²) in [6, 6.07) is 7.48. The van der Waals surface area contributed by atoms with Crippen molar-refractivity contribution in [2.45, 2.75) is 13.5 Å². The molecule has 1 aromatic carbocycles. The zero-order chi connectivity index (χ0) is 13.1. The molecule has 0 saturated carbocycles. The van der Waals surface area contributed by atoms with Gasteiger partial charge in [0.15, 0.2) is 0 Å². The molecular weight excluding hydrogens is 246 g/mol. The molecule has 0 aliphatic rings. The Morgan fingerprint density at radius 2 is 2.28 bits per heavy atom. The van der Waals surface area contributed by atoms with Crippen molar-refractivity contribution in [3.05, 3.63) is 48.2 Å². The quantitative estimate of drug-likeness (QED) is 0.657. The molecule has 5 heteroatoms. The average Bonchev–Trinajstić information content (AvgIpc) is 2.73. The van der Waals surface area contributed by atoms with Gasteiger partial charge in [-0.3, -0.25) is 0 Å². The lowest BCUT2D eigenvalue weighted by Crippen LogP contribution is -2.04. The van der Waals surface area contributed by atoms with Crippen LogP contribution in [0.1, 0.15) is 18.1 Å². The molecule has 1 aromatic heterocycles. The summed E-state index contributed by atoms with van der Waals surface area (Å²) in [5.74, 6) is 0.515. The van der Waals surface area contributed by atoms with Crippen LogP contribution in [-0.2, 0) is 6.61 Å². The number of rotatable bonds is 4. The zero-order valence-corrected chi connectivity index (χ0v) is 11.0. The Bertz CT molecular complexity index is 577. The topological polar surface area (TPSA) is 53.1 Å². The van der Waals surface area contributed by atoms with Crippen molar-refractivity contribution in [3.63, 3.8) is 0 Å². The maximum absolute atomic E-state index is 5.97. The van der Waals surface area contributed by atoms with Crippen LogP contribution in [0.25, 0.3) is 5.57 Å². The minimum Gasteiger partial charge on any atom is -0.472 e. The Labute approximate surface area is 112 Å². The molecule has 0 bridgehead atoms. The molecule has 1 heterocycles. The van der Waals surface area contributed by atoms with E-state index < -0.39 is 0 Å². The fraction of sp³-hybridized carbons (Fsp3) is 0.154. The lowest BCUT2D eigenvalue weighted by Gasteiger charge is -2.12. The lowest BCUT2D eigenvalue weighted by atomic mass is 10.0. The number of nitrogens with two attached hydrogens (primary N) is 1. The van der Waals surface area contributed by atoms with E-state index in [2.05, 4.69) is 24.5 Å². The van der Waals surface area contributed by atoms with E-state index >= 15 is 0 Å². The van der Waals surface area contributed by atoms with E-state index in [-0.39, 0.29) is 0 Å². The highest BCUT2D eigenvalue weighted by Gasteiger charge is 2.08. The first-order chi connectivity index (χ1) is 8.58. The van der Waals surface area contributed by atoms with Crippen molar-refractivity contribution in [2.24, 2.45) is 0 Å². The van der Waals surface area contributed by atoms with Crippen molar-refractivity contribution in [1.82, 2.24) is 9.19 Å². The van der Waals surface area contributed by atoms with Crippen LogP contribution in [0.4, 0.5) is 5.69 Å². The predicted octanol–water partition coefficient (Wildman–Crippen LogP) is 2.77. The number of anilines is 1. The molecule has 0 unspecified atom stereocenters. The third-order valence-corrected chi connectivity index (χ3v) is 2.81. The fourth-order valence-corrected chi connectivity index (χ4v) is 1.84. The molecule has 94 valence electrons. The van der Waals surface area contributed by atoms with Gasteiger partial charge in [0.1, 0.15) is 6.61 Å². The second-order valence-electron chi connectivity index (χ2n) is 4.02. The predicted molar refractivity (Wildman–Crippen MR) is 76.5 cm³/mol. The molecule has 0 aliphatic carbocycles. The first-order valence-electron chi connectivity index (χ1n) is 5.49. The van der Waals surface area contributed by atoms with Crippen molar-refractivity contribution in [2.75, 3.05) is 5.73 Å². The van der Waals surface area contributed by atoms with Crippen molar-refractivity contribution in [1.29, 1.82) is 0 Å². The zero-order valence-electron chi connectivity index (χ0n) is 10.1. The van der Waals surface area contributed by atoms with E-state index in [1.165, 1.54) is 4.09 Å². The van der Waals surface area contributed by atoms with Gasteiger partial charge in [0, 0.05) is 23.5 Å². The van der Waals surface area contributed by atoms with Gasteiger partial charge in [-0.1, -0.05) is 24.3 Å². The Kier molecular flexibility index (Phi) is 3.62. The number of hydrogen-bond donors (Lipinski definition) is 2. The molecule has 2 N–H and O–H groups in total. The van der Waals surface area contributed by atoms with E-state index in [4.69, 9.17) is 10.5 Å². The number of ether oxygens (including phenoxy) is 1. The summed E-state index contributed by atoms with van der Waals surface area (Å²) in [4.78, 5) is 0. The van der Waals surface area contributed by atoms with Crippen LogP contribution >= 0.6 is 12.8 Å². The average molecular weight is 261 g/mol. The molecule has 0 aliphatic heterocycles. The van der Waals surface area contributed by atoms with E-state index in [1.807, 2.05) is 25.1 Å². The highest BCUT2D eigenvalue weighted by atomic mass is 32.1. The molecule has 0 saturated heterocycles. The number of nitrogen functional groups attached to an aromatic ring is 1. The van der Waals surface area contributed by atoms with Gasteiger partial charge in [-0.15, -0.1) is 5.10 Å². The molecule has 2 aromatic rings. The van der Waals surface area contributed by atoms with E-state index in [0.29, 0.717) is 18.2 Å². The van der Waals surface area contributed by atoms with Crippen LogP contribution in [0.15, 0.2) is 37.0 Å². The minimum atomic E-state index is 0.361. The third kappa shape index (κ3) is 2.68. The second-order valence-corrected chi connectivity index (χ2v) is 4.43. The standard InChI is InChI=1S/C13H15N3OS/c1-9(2)10-4-3-5-12(14)11(10)8-17-13-6-7-16(18)15-13/h3-7,18H,1,8,14H2,2H3. The van der Waals surface area contributed by atoms with E-state index in [1.54, 1.807) is 12.3 Å². The number of benzene rings is 1. The second kappa shape index (κ2) is 5.18. The van der Waals surface area contributed by atoms with Crippen LogP contribution in [0.3, 0.4) is 0 Å². The third-order valence-electron chi connectivity index (χ3n) is 2.59. The maximum Gasteiger partial charge on any atom is 0.234 e. The van der Waals surface area contributed by atoms with Gasteiger partial charge < -0.3 is 10.5 Å². The Morgan fingerprint density at radius 1 is 1.50 bits per heavy atom. The lowest BCUT2D eigenvalue weighted by molar-refractivity contribution is 0.293. The van der Waals surface area contributed by atoms with Gasteiger partial charge in [0.05, 0.1) is 0 Å². The fourth-order valence-electron chi connectivity index (χ4n) is 1.69. The summed E-state index contributed by atoms with van der Waals surface area (Å²) < 4.78 is 6.97. The van der Waals surface area contributed by atoms with Gasteiger partial charge in [-0.25, -0.2) is 4.09 Å². The maximum atomic E-state index is 5.97. The van der Waals surface area contributed by atoms with Crippen molar-refractivity contribution >= 4 is 24.1 Å². The van der Waals surface area contributed by atoms with Gasteiger partial charge in [0.25, 0.3) is 0 Å². The summed E-state index contributed by atoms with van der Waals surface area (Å²) in [5.41, 5.74) is 9.56. The van der Waals surface area contributed by atoms with E-state index in [9.17, 15) is 0 Å².